The largest absolute Gasteiger partial charge is 0.324 e. The van der Waals surface area contributed by atoms with E-state index < -0.39 is 0 Å². The molecule has 1 unspecified atom stereocenters. The summed E-state index contributed by atoms with van der Waals surface area (Å²) in [4.78, 5) is 11.9. The lowest BCUT2D eigenvalue weighted by Gasteiger charge is -2.13. The first-order valence-electron chi connectivity index (χ1n) is 6.29. The van der Waals surface area contributed by atoms with Crippen molar-refractivity contribution in [3.8, 4) is 0 Å². The van der Waals surface area contributed by atoms with Gasteiger partial charge in [0.15, 0.2) is 0 Å². The molecule has 92 valence electrons. The molecule has 17 heavy (non-hydrogen) atoms. The van der Waals surface area contributed by atoms with Gasteiger partial charge < -0.3 is 10.6 Å². The summed E-state index contributed by atoms with van der Waals surface area (Å²) in [6.45, 7) is 7.27. The summed E-state index contributed by atoms with van der Waals surface area (Å²) in [5.74, 6) is 0.607. The maximum absolute atomic E-state index is 11.9. The number of carbonyl (C=O) groups excluding carboxylic acids is 1. The number of benzene rings is 1. The topological polar surface area (TPSA) is 41.1 Å². The van der Waals surface area contributed by atoms with Crippen molar-refractivity contribution in [1.82, 2.24) is 5.32 Å². The zero-order valence-electron chi connectivity index (χ0n) is 10.7. The van der Waals surface area contributed by atoms with Crippen LogP contribution in [-0.4, -0.2) is 12.5 Å². The third kappa shape index (κ3) is 2.50. The molecule has 2 N–H and O–H groups in total. The van der Waals surface area contributed by atoms with Crippen molar-refractivity contribution in [3.63, 3.8) is 0 Å². The number of amides is 1. The van der Waals surface area contributed by atoms with Crippen LogP contribution < -0.4 is 10.6 Å². The fourth-order valence-electron chi connectivity index (χ4n) is 2.09. The fraction of sp³-hybridized carbons (Fsp3) is 0.500. The highest BCUT2D eigenvalue weighted by Crippen LogP contribution is 2.31. The quantitative estimate of drug-likeness (QED) is 0.837. The zero-order chi connectivity index (χ0) is 12.4. The van der Waals surface area contributed by atoms with Crippen molar-refractivity contribution in [2.45, 2.75) is 33.2 Å². The maximum Gasteiger partial charge on any atom is 0.246 e. The summed E-state index contributed by atoms with van der Waals surface area (Å²) in [6, 6.07) is 6.03. The molecule has 0 radical (unpaired) electrons. The van der Waals surface area contributed by atoms with Crippen LogP contribution in [0, 0.1) is 5.92 Å². The van der Waals surface area contributed by atoms with Gasteiger partial charge in [0, 0.05) is 11.3 Å². The van der Waals surface area contributed by atoms with Crippen molar-refractivity contribution in [2.75, 3.05) is 11.9 Å². The van der Waals surface area contributed by atoms with Crippen molar-refractivity contribution in [1.29, 1.82) is 0 Å². The van der Waals surface area contributed by atoms with Gasteiger partial charge in [-0.1, -0.05) is 32.9 Å². The van der Waals surface area contributed by atoms with Crippen molar-refractivity contribution >= 4 is 11.6 Å². The van der Waals surface area contributed by atoms with Crippen LogP contribution in [-0.2, 0) is 11.2 Å². The lowest BCUT2D eigenvalue weighted by molar-refractivity contribution is -0.117. The Balaban J connectivity index is 2.22. The number of carbonyl (C=O) groups is 1. The molecule has 0 aromatic heterocycles. The second-order valence-electron chi connectivity index (χ2n) is 5.00. The predicted molar refractivity (Wildman–Crippen MR) is 70.0 cm³/mol. The minimum Gasteiger partial charge on any atom is -0.324 e. The Bertz CT molecular complexity index is 426. The smallest absolute Gasteiger partial charge is 0.246 e. The molecule has 1 heterocycles. The van der Waals surface area contributed by atoms with E-state index >= 15 is 0 Å². The van der Waals surface area contributed by atoms with Crippen LogP contribution in [0.3, 0.4) is 0 Å². The van der Waals surface area contributed by atoms with E-state index in [1.165, 1.54) is 5.56 Å². The van der Waals surface area contributed by atoms with Gasteiger partial charge in [-0.05, 0) is 30.5 Å². The molecule has 0 spiro atoms. The summed E-state index contributed by atoms with van der Waals surface area (Å²) in [6.07, 6.45) is 0.998. The first-order chi connectivity index (χ1) is 8.11. The standard InChI is InChI=1S/C14H20N2O/c1-4-10-5-6-12-11(7-10)13(14(17)16-12)15-8-9(2)3/h5-7,9,13,15H,4,8H2,1-3H3,(H,16,17). The van der Waals surface area contributed by atoms with Crippen LogP contribution in [0.15, 0.2) is 18.2 Å². The van der Waals surface area contributed by atoms with E-state index in [4.69, 9.17) is 0 Å². The Morgan fingerprint density at radius 1 is 1.41 bits per heavy atom. The van der Waals surface area contributed by atoms with E-state index in [0.717, 1.165) is 24.2 Å². The highest BCUT2D eigenvalue weighted by atomic mass is 16.2. The van der Waals surface area contributed by atoms with Gasteiger partial charge in [-0.15, -0.1) is 0 Å². The van der Waals surface area contributed by atoms with Crippen LogP contribution in [0.1, 0.15) is 37.9 Å². The Kier molecular flexibility index (Phi) is 3.48. The van der Waals surface area contributed by atoms with Crippen molar-refractivity contribution in [3.05, 3.63) is 29.3 Å². The second-order valence-corrected chi connectivity index (χ2v) is 5.00. The first kappa shape index (κ1) is 12.1. The van der Waals surface area contributed by atoms with Crippen LogP contribution in [0.2, 0.25) is 0 Å². The number of anilines is 1. The molecular weight excluding hydrogens is 212 g/mol. The number of fused-ring (bicyclic) bond motifs is 1. The lowest BCUT2D eigenvalue weighted by atomic mass is 10.0. The maximum atomic E-state index is 11.9. The monoisotopic (exact) mass is 232 g/mol. The fourth-order valence-corrected chi connectivity index (χ4v) is 2.09. The molecule has 0 bridgehead atoms. The van der Waals surface area contributed by atoms with E-state index in [0.29, 0.717) is 5.92 Å². The molecule has 1 atom stereocenters. The van der Waals surface area contributed by atoms with Gasteiger partial charge in [0.1, 0.15) is 6.04 Å². The number of hydrogen-bond acceptors (Lipinski definition) is 2. The minimum absolute atomic E-state index is 0.0638. The van der Waals surface area contributed by atoms with Gasteiger partial charge in [0.05, 0.1) is 0 Å². The van der Waals surface area contributed by atoms with E-state index in [9.17, 15) is 4.79 Å². The van der Waals surface area contributed by atoms with E-state index in [1.54, 1.807) is 0 Å². The number of hydrogen-bond donors (Lipinski definition) is 2. The molecule has 3 nitrogen and oxygen atoms in total. The van der Waals surface area contributed by atoms with Gasteiger partial charge in [0.2, 0.25) is 5.91 Å². The predicted octanol–water partition coefficient (Wildman–Crippen LogP) is 2.49. The van der Waals surface area contributed by atoms with Crippen LogP contribution >= 0.6 is 0 Å². The van der Waals surface area contributed by atoms with E-state index in [-0.39, 0.29) is 11.9 Å². The Morgan fingerprint density at radius 3 is 2.82 bits per heavy atom. The lowest BCUT2D eigenvalue weighted by Crippen LogP contribution is -2.30. The molecule has 1 aromatic carbocycles. The summed E-state index contributed by atoms with van der Waals surface area (Å²) in [5.41, 5.74) is 3.32. The Labute approximate surface area is 103 Å². The minimum atomic E-state index is -0.182. The van der Waals surface area contributed by atoms with Gasteiger partial charge in [-0.3, -0.25) is 4.79 Å². The summed E-state index contributed by atoms with van der Waals surface area (Å²) in [5, 5.41) is 6.25. The molecule has 0 saturated carbocycles. The molecule has 3 heteroatoms. The molecule has 1 aromatic rings. The highest BCUT2D eigenvalue weighted by Gasteiger charge is 2.30. The third-order valence-electron chi connectivity index (χ3n) is 3.09. The molecule has 1 amide bonds. The molecule has 2 rings (SSSR count). The van der Waals surface area contributed by atoms with Crippen molar-refractivity contribution in [2.24, 2.45) is 5.92 Å². The van der Waals surface area contributed by atoms with Crippen LogP contribution in [0.4, 0.5) is 5.69 Å². The van der Waals surface area contributed by atoms with E-state index in [1.807, 2.05) is 6.07 Å². The molecule has 0 fully saturated rings. The third-order valence-corrected chi connectivity index (χ3v) is 3.09. The first-order valence-corrected chi connectivity index (χ1v) is 6.29. The number of nitrogens with one attached hydrogen (secondary N) is 2. The van der Waals surface area contributed by atoms with Crippen LogP contribution in [0.25, 0.3) is 0 Å². The van der Waals surface area contributed by atoms with Gasteiger partial charge in [-0.2, -0.15) is 0 Å². The molecular formula is C14H20N2O. The summed E-state index contributed by atoms with van der Waals surface area (Å²) in [7, 11) is 0. The average molecular weight is 232 g/mol. The number of aryl methyl sites for hydroxylation is 1. The SMILES string of the molecule is CCc1ccc2c(c1)C(NCC(C)C)C(=O)N2. The summed E-state index contributed by atoms with van der Waals surface area (Å²) < 4.78 is 0. The Hall–Kier alpha value is -1.35. The van der Waals surface area contributed by atoms with Crippen LogP contribution in [0.5, 0.6) is 0 Å². The highest BCUT2D eigenvalue weighted by molar-refractivity contribution is 6.02. The van der Waals surface area contributed by atoms with Gasteiger partial charge in [-0.25, -0.2) is 0 Å². The van der Waals surface area contributed by atoms with Gasteiger partial charge in [0.25, 0.3) is 0 Å². The van der Waals surface area contributed by atoms with Crippen molar-refractivity contribution < 1.29 is 4.79 Å². The van der Waals surface area contributed by atoms with Gasteiger partial charge >= 0.3 is 0 Å². The average Bonchev–Trinajstić information content (AvgIpc) is 2.61. The molecule has 0 aliphatic carbocycles. The zero-order valence-corrected chi connectivity index (χ0v) is 10.7. The molecule has 1 aliphatic heterocycles. The second kappa shape index (κ2) is 4.88. The number of rotatable bonds is 4. The molecule has 1 aliphatic rings. The summed E-state index contributed by atoms with van der Waals surface area (Å²) >= 11 is 0. The normalized spacial score (nSPS) is 18.4. The molecule has 0 saturated heterocycles. The van der Waals surface area contributed by atoms with E-state index in [2.05, 4.69) is 43.5 Å². The Morgan fingerprint density at radius 2 is 2.18 bits per heavy atom.